The number of sulfonamides is 1. The first kappa shape index (κ1) is 21.4. The molecule has 0 radical (unpaired) electrons. The van der Waals surface area contributed by atoms with E-state index in [-0.39, 0.29) is 17.0 Å². The minimum Gasteiger partial charge on any atom is -0.307 e. The molecule has 2 amide bonds. The van der Waals surface area contributed by atoms with Crippen molar-refractivity contribution in [2.45, 2.75) is 44.6 Å². The molecule has 0 unspecified atom stereocenters. The predicted molar refractivity (Wildman–Crippen MR) is 106 cm³/mol. The van der Waals surface area contributed by atoms with Crippen molar-refractivity contribution in [2.24, 2.45) is 0 Å². The molecule has 0 aliphatic heterocycles. The van der Waals surface area contributed by atoms with E-state index in [0.29, 0.717) is 10.7 Å². The summed E-state index contributed by atoms with van der Waals surface area (Å²) in [4.78, 5) is 12.4. The van der Waals surface area contributed by atoms with Crippen molar-refractivity contribution in [2.75, 3.05) is 5.32 Å². The molecule has 146 valence electrons. The van der Waals surface area contributed by atoms with Gasteiger partial charge in [-0.2, -0.15) is 8.42 Å². The highest BCUT2D eigenvalue weighted by atomic mass is 35.5. The highest BCUT2D eigenvalue weighted by molar-refractivity contribution is 7.90. The predicted octanol–water partition coefficient (Wildman–Crippen LogP) is 4.54. The minimum atomic E-state index is -4.19. The number of anilines is 1. The molecule has 10 heteroatoms. The zero-order valence-corrected chi connectivity index (χ0v) is 17.6. The van der Waals surface area contributed by atoms with E-state index in [0.717, 1.165) is 17.2 Å². The Labute approximate surface area is 168 Å². The molecule has 2 aromatic rings. The van der Waals surface area contributed by atoms with Crippen LogP contribution in [0.25, 0.3) is 0 Å². The van der Waals surface area contributed by atoms with Gasteiger partial charge in [0.2, 0.25) is 0 Å². The number of carbonyl (C=O) groups excluding carboxylic acids is 1. The Morgan fingerprint density at radius 2 is 1.56 bits per heavy atom. The first-order chi connectivity index (χ1) is 12.5. The summed E-state index contributed by atoms with van der Waals surface area (Å²) in [6.07, 6.45) is 0. The van der Waals surface area contributed by atoms with Crippen molar-refractivity contribution in [1.29, 1.82) is 0 Å². The van der Waals surface area contributed by atoms with Crippen molar-refractivity contribution in [3.05, 3.63) is 45.6 Å². The second kappa shape index (κ2) is 8.41. The molecule has 0 fully saturated rings. The Hall–Kier alpha value is -1.90. The number of amides is 2. The van der Waals surface area contributed by atoms with E-state index in [9.17, 15) is 13.2 Å². The minimum absolute atomic E-state index is 0.0442. The number of halogens is 2. The van der Waals surface area contributed by atoms with Crippen molar-refractivity contribution in [1.82, 2.24) is 14.9 Å². The summed E-state index contributed by atoms with van der Waals surface area (Å²) in [5.41, 5.74) is 2.16. The number of rotatable bonds is 5. The zero-order valence-electron chi connectivity index (χ0n) is 15.2. The van der Waals surface area contributed by atoms with Crippen molar-refractivity contribution in [3.8, 4) is 0 Å². The maximum Gasteiger partial charge on any atom is 0.333 e. The van der Waals surface area contributed by atoms with Gasteiger partial charge in [0.05, 0.1) is 0 Å². The largest absolute Gasteiger partial charge is 0.333 e. The molecule has 0 saturated heterocycles. The Morgan fingerprint density at radius 3 is 2.00 bits per heavy atom. The van der Waals surface area contributed by atoms with Crippen molar-refractivity contribution in [3.63, 3.8) is 0 Å². The number of carbonyl (C=O) groups is 1. The lowest BCUT2D eigenvalue weighted by molar-refractivity contribution is 0.256. The van der Waals surface area contributed by atoms with Gasteiger partial charge >= 0.3 is 6.03 Å². The number of benzene rings is 1. The Balaban J connectivity index is 2.33. The number of aromatic nitrogens is 2. The molecule has 1 heterocycles. The van der Waals surface area contributed by atoms with Gasteiger partial charge in [0.15, 0.2) is 10.2 Å². The molecule has 27 heavy (non-hydrogen) atoms. The monoisotopic (exact) mass is 430 g/mol. The van der Waals surface area contributed by atoms with Crippen LogP contribution >= 0.6 is 23.2 Å². The van der Waals surface area contributed by atoms with Crippen LogP contribution in [0.3, 0.4) is 0 Å². The summed E-state index contributed by atoms with van der Waals surface area (Å²) < 4.78 is 26.5. The topological polar surface area (TPSA) is 101 Å². The van der Waals surface area contributed by atoms with Gasteiger partial charge in [-0.15, -0.1) is 10.2 Å². The van der Waals surface area contributed by atoms with Gasteiger partial charge in [-0.3, -0.25) is 0 Å². The smallest absolute Gasteiger partial charge is 0.307 e. The zero-order chi connectivity index (χ0) is 20.4. The third-order valence-corrected chi connectivity index (χ3v) is 5.40. The fourth-order valence-electron chi connectivity index (χ4n) is 2.47. The number of hydrogen-bond donors (Lipinski definition) is 2. The second-order valence-electron chi connectivity index (χ2n) is 6.52. The molecule has 7 nitrogen and oxygen atoms in total. The SMILES string of the molecule is CC(C)c1cc(Cl)cc(C(C)C)c1NC(=O)NS(=O)(=O)c1ccc(Cl)nn1. The molecular formula is C17H20Cl2N4O3S. The average Bonchev–Trinajstić information content (AvgIpc) is 2.55. The first-order valence-electron chi connectivity index (χ1n) is 8.17. The normalized spacial score (nSPS) is 11.7. The molecule has 1 aromatic carbocycles. The van der Waals surface area contributed by atoms with Crippen LogP contribution in [-0.2, 0) is 10.0 Å². The number of nitrogens with zero attached hydrogens (tertiary/aromatic N) is 2. The molecule has 0 aliphatic rings. The molecule has 0 saturated carbocycles. The maximum absolute atomic E-state index is 12.4. The van der Waals surface area contributed by atoms with Gasteiger partial charge in [-0.25, -0.2) is 9.52 Å². The Bertz CT molecular complexity index is 916. The van der Waals surface area contributed by atoms with E-state index < -0.39 is 21.1 Å². The van der Waals surface area contributed by atoms with Crippen molar-refractivity contribution >= 4 is 44.9 Å². The van der Waals surface area contributed by atoms with Crippen LogP contribution < -0.4 is 10.0 Å². The molecule has 1 aromatic heterocycles. The van der Waals surface area contributed by atoms with Gasteiger partial charge in [0.25, 0.3) is 10.0 Å². The van der Waals surface area contributed by atoms with Gasteiger partial charge in [-0.05, 0) is 47.2 Å². The van der Waals surface area contributed by atoms with E-state index >= 15 is 0 Å². The standard InChI is InChI=1S/C17H20Cl2N4O3S/c1-9(2)12-7-11(18)8-13(10(3)4)16(12)20-17(24)23-27(25,26)15-6-5-14(19)21-22-15/h5-10H,1-4H3,(H2,20,23,24). The summed E-state index contributed by atoms with van der Waals surface area (Å²) in [5, 5.41) is 9.78. The van der Waals surface area contributed by atoms with Crippen LogP contribution in [-0.4, -0.2) is 24.6 Å². The van der Waals surface area contributed by atoms with E-state index in [2.05, 4.69) is 15.5 Å². The third kappa shape index (κ3) is 5.31. The fraction of sp³-hybridized carbons (Fsp3) is 0.353. The number of nitrogens with one attached hydrogen (secondary N) is 2. The van der Waals surface area contributed by atoms with Crippen molar-refractivity contribution < 1.29 is 13.2 Å². The molecule has 0 atom stereocenters. The molecule has 0 aliphatic carbocycles. The van der Waals surface area contributed by atoms with E-state index in [4.69, 9.17) is 23.2 Å². The molecular weight excluding hydrogens is 411 g/mol. The molecule has 0 spiro atoms. The average molecular weight is 431 g/mol. The molecule has 2 N–H and O–H groups in total. The number of urea groups is 1. The van der Waals surface area contributed by atoms with Crippen LogP contribution in [0.2, 0.25) is 10.2 Å². The highest BCUT2D eigenvalue weighted by Crippen LogP contribution is 2.35. The van der Waals surface area contributed by atoms with Crippen LogP contribution in [0.5, 0.6) is 0 Å². The van der Waals surface area contributed by atoms with Crippen LogP contribution in [0.15, 0.2) is 29.3 Å². The lowest BCUT2D eigenvalue weighted by Gasteiger charge is -2.21. The first-order valence-corrected chi connectivity index (χ1v) is 10.4. The summed E-state index contributed by atoms with van der Waals surface area (Å²) in [6, 6.07) is 5.04. The van der Waals surface area contributed by atoms with E-state index in [1.165, 1.54) is 6.07 Å². The molecule has 0 bridgehead atoms. The van der Waals surface area contributed by atoms with Gasteiger partial charge < -0.3 is 5.32 Å². The third-order valence-electron chi connectivity index (χ3n) is 3.76. The fourth-order valence-corrected chi connectivity index (χ4v) is 3.60. The Morgan fingerprint density at radius 1 is 1.00 bits per heavy atom. The van der Waals surface area contributed by atoms with Crippen LogP contribution in [0.4, 0.5) is 10.5 Å². The molecule has 2 rings (SSSR count). The van der Waals surface area contributed by atoms with Gasteiger partial charge in [0, 0.05) is 10.7 Å². The van der Waals surface area contributed by atoms with Crippen LogP contribution in [0, 0.1) is 0 Å². The van der Waals surface area contributed by atoms with Crippen LogP contribution in [0.1, 0.15) is 50.7 Å². The summed E-state index contributed by atoms with van der Waals surface area (Å²) in [5.74, 6) is 0.130. The highest BCUT2D eigenvalue weighted by Gasteiger charge is 2.22. The number of hydrogen-bond acceptors (Lipinski definition) is 5. The van der Waals surface area contributed by atoms with Gasteiger partial charge in [-0.1, -0.05) is 50.9 Å². The quantitative estimate of drug-likeness (QED) is 0.724. The van der Waals surface area contributed by atoms with E-state index in [1.807, 2.05) is 32.4 Å². The second-order valence-corrected chi connectivity index (χ2v) is 8.98. The lowest BCUT2D eigenvalue weighted by Crippen LogP contribution is -2.35. The summed E-state index contributed by atoms with van der Waals surface area (Å²) in [7, 11) is -4.19. The summed E-state index contributed by atoms with van der Waals surface area (Å²) in [6.45, 7) is 7.83. The Kier molecular flexibility index (Phi) is 6.67. The van der Waals surface area contributed by atoms with E-state index in [1.54, 1.807) is 12.1 Å². The summed E-state index contributed by atoms with van der Waals surface area (Å²) >= 11 is 11.8. The maximum atomic E-state index is 12.4. The van der Waals surface area contributed by atoms with Gasteiger partial charge in [0.1, 0.15) is 0 Å². The lowest BCUT2D eigenvalue weighted by atomic mass is 9.92.